The lowest BCUT2D eigenvalue weighted by Crippen LogP contribution is -2.31. The van der Waals surface area contributed by atoms with Gasteiger partial charge in [0.25, 0.3) is 0 Å². The summed E-state index contributed by atoms with van der Waals surface area (Å²) < 4.78 is 44.8. The monoisotopic (exact) mass is 263 g/mol. The largest absolute Gasteiger partial charge is 0.495 e. The topological polar surface area (TPSA) is 38.8 Å². The Kier molecular flexibility index (Phi) is 4.41. The fourth-order valence-corrected chi connectivity index (χ4v) is 1.25. The molecule has 0 aliphatic heterocycles. The number of hydrogen-bond donors (Lipinski definition) is 0. The standard InChI is InChI=1S/C11H12F3NO3/c1-15(10(16)18-7-11(12,13)14)8-5-3-4-6-9(8)17-2/h3-6H,7H2,1-2H3. The van der Waals surface area contributed by atoms with Crippen LogP contribution in [-0.2, 0) is 4.74 Å². The number of carbonyl (C=O) groups excluding carboxylic acids is 1. The lowest BCUT2D eigenvalue weighted by atomic mass is 10.3. The third kappa shape index (κ3) is 3.83. The normalized spacial score (nSPS) is 10.9. The number of carbonyl (C=O) groups is 1. The molecule has 7 heteroatoms. The molecule has 0 aliphatic rings. The maximum absolute atomic E-state index is 11.9. The molecule has 4 nitrogen and oxygen atoms in total. The minimum atomic E-state index is -4.54. The van der Waals surface area contributed by atoms with E-state index in [1.807, 2.05) is 0 Å². The first-order valence-electron chi connectivity index (χ1n) is 4.95. The Morgan fingerprint density at radius 2 is 1.94 bits per heavy atom. The second-order valence-electron chi connectivity index (χ2n) is 3.40. The average Bonchev–Trinajstić information content (AvgIpc) is 2.34. The Balaban J connectivity index is 2.74. The molecule has 0 bridgehead atoms. The van der Waals surface area contributed by atoms with Gasteiger partial charge in [0, 0.05) is 7.05 Å². The van der Waals surface area contributed by atoms with Gasteiger partial charge in [-0.1, -0.05) is 12.1 Å². The highest BCUT2D eigenvalue weighted by Crippen LogP contribution is 2.27. The van der Waals surface area contributed by atoms with Crippen molar-refractivity contribution in [1.29, 1.82) is 0 Å². The number of amides is 1. The van der Waals surface area contributed by atoms with E-state index < -0.39 is 18.9 Å². The Hall–Kier alpha value is -1.92. The highest BCUT2D eigenvalue weighted by Gasteiger charge is 2.30. The molecule has 100 valence electrons. The van der Waals surface area contributed by atoms with Crippen LogP contribution in [0.4, 0.5) is 23.7 Å². The number of para-hydroxylation sites is 2. The zero-order valence-electron chi connectivity index (χ0n) is 9.82. The molecular formula is C11H12F3NO3. The number of halogens is 3. The second-order valence-corrected chi connectivity index (χ2v) is 3.40. The Bertz CT molecular complexity index is 420. The molecule has 18 heavy (non-hydrogen) atoms. The zero-order valence-corrected chi connectivity index (χ0v) is 9.82. The molecular weight excluding hydrogens is 251 g/mol. The van der Waals surface area contributed by atoms with Gasteiger partial charge >= 0.3 is 12.3 Å². The summed E-state index contributed by atoms with van der Waals surface area (Å²) in [6.45, 7) is -1.62. The highest BCUT2D eigenvalue weighted by molar-refractivity contribution is 5.88. The third-order valence-corrected chi connectivity index (χ3v) is 2.08. The van der Waals surface area contributed by atoms with Crippen molar-refractivity contribution in [3.05, 3.63) is 24.3 Å². The second kappa shape index (κ2) is 5.61. The summed E-state index contributed by atoms with van der Waals surface area (Å²) in [5, 5.41) is 0. The van der Waals surface area contributed by atoms with Crippen LogP contribution in [0.25, 0.3) is 0 Å². The molecule has 0 unspecified atom stereocenters. The van der Waals surface area contributed by atoms with Crippen LogP contribution in [0, 0.1) is 0 Å². The van der Waals surface area contributed by atoms with Crippen molar-refractivity contribution < 1.29 is 27.4 Å². The molecule has 0 fully saturated rings. The minimum Gasteiger partial charge on any atom is -0.495 e. The van der Waals surface area contributed by atoms with Gasteiger partial charge < -0.3 is 9.47 Å². The van der Waals surface area contributed by atoms with E-state index >= 15 is 0 Å². The van der Waals surface area contributed by atoms with Crippen molar-refractivity contribution in [3.63, 3.8) is 0 Å². The van der Waals surface area contributed by atoms with Crippen molar-refractivity contribution in [1.82, 2.24) is 0 Å². The van der Waals surface area contributed by atoms with Gasteiger partial charge in [0.15, 0.2) is 6.61 Å². The SMILES string of the molecule is COc1ccccc1N(C)C(=O)OCC(F)(F)F. The van der Waals surface area contributed by atoms with Crippen LogP contribution in [0.2, 0.25) is 0 Å². The van der Waals surface area contributed by atoms with Crippen molar-refractivity contribution in [2.75, 3.05) is 25.7 Å². The minimum absolute atomic E-state index is 0.326. The van der Waals surface area contributed by atoms with E-state index in [4.69, 9.17) is 4.74 Å². The van der Waals surface area contributed by atoms with Crippen molar-refractivity contribution in [2.45, 2.75) is 6.18 Å². The molecule has 0 saturated heterocycles. The van der Waals surface area contributed by atoms with Gasteiger partial charge in [-0.3, -0.25) is 4.90 Å². The molecule has 0 aliphatic carbocycles. The van der Waals surface area contributed by atoms with Gasteiger partial charge in [0.2, 0.25) is 0 Å². The molecule has 1 aromatic carbocycles. The van der Waals surface area contributed by atoms with Gasteiger partial charge in [0.05, 0.1) is 12.8 Å². The fraction of sp³-hybridized carbons (Fsp3) is 0.364. The van der Waals surface area contributed by atoms with E-state index in [0.717, 1.165) is 4.90 Å². The summed E-state index contributed by atoms with van der Waals surface area (Å²) in [6, 6.07) is 6.43. The first kappa shape index (κ1) is 14.1. The van der Waals surface area contributed by atoms with Crippen molar-refractivity contribution in [2.24, 2.45) is 0 Å². The maximum Gasteiger partial charge on any atom is 0.422 e. The van der Waals surface area contributed by atoms with E-state index in [0.29, 0.717) is 11.4 Å². The first-order chi connectivity index (χ1) is 8.35. The van der Waals surface area contributed by atoms with Crippen LogP contribution in [0.5, 0.6) is 5.75 Å². The highest BCUT2D eigenvalue weighted by atomic mass is 19.4. The fourth-order valence-electron chi connectivity index (χ4n) is 1.25. The lowest BCUT2D eigenvalue weighted by molar-refractivity contribution is -0.159. The molecule has 0 spiro atoms. The van der Waals surface area contributed by atoms with E-state index in [2.05, 4.69) is 4.74 Å². The molecule has 0 radical (unpaired) electrons. The maximum atomic E-state index is 11.9. The molecule has 0 aromatic heterocycles. The number of methoxy groups -OCH3 is 1. The van der Waals surface area contributed by atoms with Crippen LogP contribution >= 0.6 is 0 Å². The predicted octanol–water partition coefficient (Wildman–Crippen LogP) is 2.83. The number of alkyl halides is 3. The molecule has 1 amide bonds. The quantitative estimate of drug-likeness (QED) is 0.841. The van der Waals surface area contributed by atoms with E-state index in [1.165, 1.54) is 20.2 Å². The Labute approximate surface area is 102 Å². The summed E-state index contributed by atoms with van der Waals surface area (Å²) in [7, 11) is 2.70. The van der Waals surface area contributed by atoms with E-state index in [1.54, 1.807) is 18.2 Å². The first-order valence-corrected chi connectivity index (χ1v) is 4.95. The zero-order chi connectivity index (χ0) is 13.8. The van der Waals surface area contributed by atoms with Crippen LogP contribution in [0.15, 0.2) is 24.3 Å². The summed E-state index contributed by atoms with van der Waals surface area (Å²) in [4.78, 5) is 12.4. The Morgan fingerprint density at radius 3 is 2.50 bits per heavy atom. The third-order valence-electron chi connectivity index (χ3n) is 2.08. The van der Waals surface area contributed by atoms with Crippen molar-refractivity contribution >= 4 is 11.8 Å². The molecule has 0 saturated carbocycles. The predicted molar refractivity (Wildman–Crippen MR) is 58.8 cm³/mol. The van der Waals surface area contributed by atoms with E-state index in [9.17, 15) is 18.0 Å². The Morgan fingerprint density at radius 1 is 1.33 bits per heavy atom. The molecule has 0 N–H and O–H groups in total. The number of nitrogens with zero attached hydrogens (tertiary/aromatic N) is 1. The van der Waals surface area contributed by atoms with Gasteiger partial charge in [-0.15, -0.1) is 0 Å². The molecule has 1 aromatic rings. The summed E-state index contributed by atoms with van der Waals surface area (Å²) >= 11 is 0. The van der Waals surface area contributed by atoms with Crippen LogP contribution in [0.1, 0.15) is 0 Å². The molecule has 0 heterocycles. The number of ether oxygens (including phenoxy) is 2. The molecule has 0 atom stereocenters. The van der Waals surface area contributed by atoms with Gasteiger partial charge in [0.1, 0.15) is 5.75 Å². The van der Waals surface area contributed by atoms with Gasteiger partial charge in [-0.05, 0) is 12.1 Å². The van der Waals surface area contributed by atoms with Gasteiger partial charge in [-0.25, -0.2) is 4.79 Å². The smallest absolute Gasteiger partial charge is 0.422 e. The van der Waals surface area contributed by atoms with Crippen LogP contribution in [0.3, 0.4) is 0 Å². The average molecular weight is 263 g/mol. The number of benzene rings is 1. The molecule has 1 rings (SSSR count). The lowest BCUT2D eigenvalue weighted by Gasteiger charge is -2.19. The van der Waals surface area contributed by atoms with Crippen LogP contribution < -0.4 is 9.64 Å². The van der Waals surface area contributed by atoms with Crippen molar-refractivity contribution in [3.8, 4) is 5.75 Å². The number of anilines is 1. The van der Waals surface area contributed by atoms with Gasteiger partial charge in [-0.2, -0.15) is 13.2 Å². The number of hydrogen-bond acceptors (Lipinski definition) is 3. The summed E-state index contributed by atoms with van der Waals surface area (Å²) in [6.07, 6.45) is -5.64. The van der Waals surface area contributed by atoms with Crippen LogP contribution in [-0.4, -0.2) is 33.0 Å². The van der Waals surface area contributed by atoms with E-state index in [-0.39, 0.29) is 0 Å². The summed E-state index contributed by atoms with van der Waals surface area (Å²) in [5.41, 5.74) is 0.326. The number of rotatable bonds is 3. The summed E-state index contributed by atoms with van der Waals surface area (Å²) in [5.74, 6) is 0.365.